The highest BCUT2D eigenvalue weighted by Crippen LogP contribution is 2.20. The van der Waals surface area contributed by atoms with Crippen molar-refractivity contribution in [3.63, 3.8) is 0 Å². The molecule has 1 atom stereocenters. The molecule has 0 bridgehead atoms. The van der Waals surface area contributed by atoms with Crippen LogP contribution < -0.4 is 5.73 Å². The smallest absolute Gasteiger partial charge is 0.229 e. The van der Waals surface area contributed by atoms with Gasteiger partial charge in [-0.05, 0) is 5.56 Å². The van der Waals surface area contributed by atoms with Crippen LogP contribution in [0.15, 0.2) is 30.3 Å². The van der Waals surface area contributed by atoms with E-state index < -0.39 is 16.2 Å². The first-order valence-corrected chi connectivity index (χ1v) is 5.17. The third kappa shape index (κ3) is 3.59. The van der Waals surface area contributed by atoms with Gasteiger partial charge in [0.2, 0.25) is 17.9 Å². The molecule has 0 saturated heterocycles. The fourth-order valence-corrected chi connectivity index (χ4v) is 1.79. The molecule has 0 spiro atoms. The fraction of sp³-hybridized carbons (Fsp3) is 0.222. The van der Waals surface area contributed by atoms with E-state index in [0.717, 1.165) is 0 Å². The normalized spacial score (nSPS) is 12.0. The van der Waals surface area contributed by atoms with E-state index in [-0.39, 0.29) is 5.75 Å². The summed E-state index contributed by atoms with van der Waals surface area (Å²) >= 11 is 0.484. The lowest BCUT2D eigenvalue weighted by molar-refractivity contribution is -0.284. The van der Waals surface area contributed by atoms with Gasteiger partial charge < -0.3 is 5.73 Å². The van der Waals surface area contributed by atoms with Crippen molar-refractivity contribution in [2.45, 2.75) is 5.92 Å². The average Bonchev–Trinajstić information content (AvgIpc) is 2.18. The summed E-state index contributed by atoms with van der Waals surface area (Å²) in [6.07, 6.45) is 0. The highest BCUT2D eigenvalue weighted by atomic mass is 32.2. The van der Waals surface area contributed by atoms with Crippen LogP contribution in [0, 0.1) is 10.1 Å². The van der Waals surface area contributed by atoms with Crippen molar-refractivity contribution in [3.05, 3.63) is 46.0 Å². The molecule has 0 radical (unpaired) electrons. The molecule has 0 aromatic heterocycles. The third-order valence-electron chi connectivity index (χ3n) is 1.89. The van der Waals surface area contributed by atoms with Crippen LogP contribution in [0.1, 0.15) is 11.5 Å². The lowest BCUT2D eigenvalue weighted by Gasteiger charge is -2.09. The predicted molar refractivity (Wildman–Crippen MR) is 57.8 cm³/mol. The number of hydrogen-bond acceptors (Lipinski definition) is 4. The largest absolute Gasteiger partial charge is 0.369 e. The van der Waals surface area contributed by atoms with Crippen LogP contribution in [0.2, 0.25) is 0 Å². The summed E-state index contributed by atoms with van der Waals surface area (Å²) in [5.41, 5.74) is 5.89. The molecule has 0 heterocycles. The summed E-state index contributed by atoms with van der Waals surface area (Å²) in [4.78, 5) is 21.3. The van der Waals surface area contributed by atoms with E-state index in [1.54, 1.807) is 24.3 Å². The number of amides is 1. The molecule has 6 heteroatoms. The van der Waals surface area contributed by atoms with Crippen molar-refractivity contribution in [1.29, 1.82) is 0 Å². The van der Waals surface area contributed by atoms with Crippen LogP contribution in [-0.2, 0) is 4.79 Å². The number of benzene rings is 1. The Morgan fingerprint density at radius 3 is 2.53 bits per heavy atom. The summed E-state index contributed by atoms with van der Waals surface area (Å²) < 4.78 is -0.529. The molecule has 15 heavy (non-hydrogen) atoms. The van der Waals surface area contributed by atoms with Gasteiger partial charge in [-0.15, -0.1) is 0 Å². The van der Waals surface area contributed by atoms with Crippen molar-refractivity contribution in [3.8, 4) is 0 Å². The molecule has 0 aliphatic heterocycles. The van der Waals surface area contributed by atoms with Crippen molar-refractivity contribution >= 4 is 17.9 Å². The first kappa shape index (κ1) is 11.5. The van der Waals surface area contributed by atoms with Crippen LogP contribution in [0.5, 0.6) is 0 Å². The van der Waals surface area contributed by atoms with E-state index in [4.69, 9.17) is 5.73 Å². The van der Waals surface area contributed by atoms with Crippen LogP contribution in [0.4, 0.5) is 0 Å². The Morgan fingerprint density at radius 1 is 1.47 bits per heavy atom. The second-order valence-electron chi connectivity index (χ2n) is 2.89. The summed E-state index contributed by atoms with van der Waals surface area (Å²) in [6, 6.07) is 8.80. The van der Waals surface area contributed by atoms with E-state index in [2.05, 4.69) is 0 Å². The van der Waals surface area contributed by atoms with Gasteiger partial charge in [-0.2, -0.15) is 0 Å². The number of primary amides is 1. The Hall–Kier alpha value is -1.56. The standard InChI is InChI=1S/C9H10N2O3S/c10-9(12)8(6-15-11(13)14)7-4-2-1-3-5-7/h1-5,8H,6H2,(H2,10,12). The van der Waals surface area contributed by atoms with Crippen molar-refractivity contribution in [2.75, 3.05) is 5.75 Å². The molecule has 0 saturated carbocycles. The zero-order valence-corrected chi connectivity index (χ0v) is 8.65. The molecule has 1 aromatic carbocycles. The highest BCUT2D eigenvalue weighted by Gasteiger charge is 2.21. The highest BCUT2D eigenvalue weighted by molar-refractivity contribution is 7.93. The third-order valence-corrected chi connectivity index (χ3v) is 2.59. The molecule has 1 unspecified atom stereocenters. The minimum atomic E-state index is -0.610. The van der Waals surface area contributed by atoms with Crippen LogP contribution in [-0.4, -0.2) is 16.0 Å². The molecule has 2 N–H and O–H groups in total. The number of nitrogens with two attached hydrogens (primary N) is 1. The summed E-state index contributed by atoms with van der Waals surface area (Å²) in [5, 5.41) is 10.2. The minimum Gasteiger partial charge on any atom is -0.369 e. The molecular formula is C9H10N2O3S. The Bertz CT molecular complexity index is 356. The number of nitrogens with zero attached hydrogens (tertiary/aromatic N) is 1. The van der Waals surface area contributed by atoms with Gasteiger partial charge in [-0.3, -0.25) is 14.9 Å². The summed E-state index contributed by atoms with van der Waals surface area (Å²) in [7, 11) is 0. The van der Waals surface area contributed by atoms with E-state index >= 15 is 0 Å². The maximum atomic E-state index is 11.1. The maximum absolute atomic E-state index is 11.1. The quantitative estimate of drug-likeness (QED) is 0.464. The van der Waals surface area contributed by atoms with E-state index in [1.165, 1.54) is 0 Å². The molecule has 0 aliphatic rings. The molecule has 0 fully saturated rings. The van der Waals surface area contributed by atoms with Gasteiger partial charge in [0.05, 0.1) is 11.7 Å². The van der Waals surface area contributed by atoms with E-state index in [9.17, 15) is 14.9 Å². The fourth-order valence-electron chi connectivity index (χ4n) is 1.16. The van der Waals surface area contributed by atoms with Gasteiger partial charge in [-0.25, -0.2) is 0 Å². The van der Waals surface area contributed by atoms with Crippen molar-refractivity contribution < 1.29 is 9.12 Å². The van der Waals surface area contributed by atoms with E-state index in [0.29, 0.717) is 17.5 Å². The van der Waals surface area contributed by atoms with Crippen LogP contribution in [0.25, 0.3) is 0 Å². The molecular weight excluding hydrogens is 216 g/mol. The van der Waals surface area contributed by atoms with Gasteiger partial charge >= 0.3 is 0 Å². The minimum absolute atomic E-state index is 0.0619. The van der Waals surface area contributed by atoms with Crippen LogP contribution in [0.3, 0.4) is 0 Å². The monoisotopic (exact) mass is 226 g/mol. The maximum Gasteiger partial charge on any atom is 0.229 e. The van der Waals surface area contributed by atoms with Crippen molar-refractivity contribution in [1.82, 2.24) is 0 Å². The first-order valence-electron chi connectivity index (χ1n) is 4.23. The average molecular weight is 226 g/mol. The first-order chi connectivity index (χ1) is 7.11. The van der Waals surface area contributed by atoms with Gasteiger partial charge in [0.25, 0.3) is 0 Å². The van der Waals surface area contributed by atoms with Gasteiger partial charge in [0.15, 0.2) is 0 Å². The summed E-state index contributed by atoms with van der Waals surface area (Å²) in [5.74, 6) is -1.09. The van der Waals surface area contributed by atoms with Gasteiger partial charge in [-0.1, -0.05) is 30.3 Å². The molecule has 80 valence electrons. The lowest BCUT2D eigenvalue weighted by atomic mass is 10.0. The number of carbonyl (C=O) groups excluding carboxylic acids is 1. The number of hydrogen-bond donors (Lipinski definition) is 1. The molecule has 0 aliphatic carbocycles. The Morgan fingerprint density at radius 2 is 2.07 bits per heavy atom. The van der Waals surface area contributed by atoms with Crippen molar-refractivity contribution in [2.24, 2.45) is 5.73 Å². The Balaban J connectivity index is 2.75. The van der Waals surface area contributed by atoms with E-state index in [1.807, 2.05) is 6.07 Å². The second-order valence-corrected chi connectivity index (χ2v) is 3.77. The lowest BCUT2D eigenvalue weighted by Crippen LogP contribution is -2.23. The molecule has 1 rings (SSSR count). The topological polar surface area (TPSA) is 86.2 Å². The number of rotatable bonds is 5. The Kier molecular flexibility index (Phi) is 4.11. The number of nitro groups is 1. The molecule has 1 aromatic rings. The van der Waals surface area contributed by atoms with Gasteiger partial charge in [0.1, 0.15) is 4.33 Å². The predicted octanol–water partition coefficient (Wildman–Crippen LogP) is 1.18. The Labute approximate surface area is 90.9 Å². The SMILES string of the molecule is NC(=O)C(CS[N+](=O)[O-])c1ccccc1. The molecule has 5 nitrogen and oxygen atoms in total. The zero-order valence-electron chi connectivity index (χ0n) is 7.83. The second kappa shape index (κ2) is 5.35. The zero-order chi connectivity index (χ0) is 11.3. The van der Waals surface area contributed by atoms with Crippen LogP contribution >= 0.6 is 11.9 Å². The summed E-state index contributed by atoms with van der Waals surface area (Å²) in [6.45, 7) is 0. The number of carbonyl (C=O) groups is 1. The molecule has 1 amide bonds. The van der Waals surface area contributed by atoms with Gasteiger partial charge in [0, 0.05) is 0 Å².